The van der Waals surface area contributed by atoms with Crippen LogP contribution in [0.15, 0.2) is 109 Å². The first-order valence-corrected chi connectivity index (χ1v) is 11.4. The van der Waals surface area contributed by atoms with Gasteiger partial charge in [0, 0.05) is 11.3 Å². The van der Waals surface area contributed by atoms with Gasteiger partial charge in [-0.2, -0.15) is 0 Å². The molecule has 4 aromatic rings. The minimum atomic E-state index is -0.865. The molecule has 0 bridgehead atoms. The Morgan fingerprint density at radius 1 is 0.833 bits per heavy atom. The van der Waals surface area contributed by atoms with E-state index < -0.39 is 23.5 Å². The summed E-state index contributed by atoms with van der Waals surface area (Å²) in [6, 6.07) is 27.8. The van der Waals surface area contributed by atoms with Crippen LogP contribution in [0.2, 0.25) is 0 Å². The van der Waals surface area contributed by atoms with E-state index in [2.05, 4.69) is 0 Å². The lowest BCUT2D eigenvalue weighted by Crippen LogP contribution is -2.29. The van der Waals surface area contributed by atoms with Crippen LogP contribution in [0, 0.1) is 12.7 Å². The van der Waals surface area contributed by atoms with Crippen molar-refractivity contribution in [2.75, 3.05) is 4.90 Å². The summed E-state index contributed by atoms with van der Waals surface area (Å²) in [5.74, 6) is -1.16. The Hall–Kier alpha value is -4.71. The van der Waals surface area contributed by atoms with Crippen molar-refractivity contribution in [1.29, 1.82) is 0 Å². The Bertz CT molecular complexity index is 1460. The van der Waals surface area contributed by atoms with Gasteiger partial charge in [0.1, 0.15) is 23.1 Å². The number of ketones is 1. The number of para-hydroxylation sites is 1. The molecule has 178 valence electrons. The van der Waals surface area contributed by atoms with Gasteiger partial charge < -0.3 is 9.84 Å². The van der Waals surface area contributed by atoms with Crippen molar-refractivity contribution < 1.29 is 23.8 Å². The summed E-state index contributed by atoms with van der Waals surface area (Å²) < 4.78 is 19.3. The average Bonchev–Trinajstić information content (AvgIpc) is 3.15. The zero-order chi connectivity index (χ0) is 25.2. The molecule has 1 aliphatic heterocycles. The molecule has 5 nitrogen and oxygen atoms in total. The molecule has 0 radical (unpaired) electrons. The van der Waals surface area contributed by atoms with Gasteiger partial charge in [0.05, 0.1) is 11.6 Å². The first kappa shape index (κ1) is 23.1. The fraction of sp³-hybridized carbons (Fsp3) is 0.0667. The minimum Gasteiger partial charge on any atom is -0.507 e. The summed E-state index contributed by atoms with van der Waals surface area (Å²) in [5, 5.41) is 11.1. The molecule has 5 rings (SSSR count). The van der Waals surface area contributed by atoms with Crippen molar-refractivity contribution in [3.05, 3.63) is 131 Å². The molecule has 0 aliphatic carbocycles. The van der Waals surface area contributed by atoms with Crippen molar-refractivity contribution in [3.63, 3.8) is 0 Å². The van der Waals surface area contributed by atoms with Gasteiger partial charge in [0.2, 0.25) is 0 Å². The quantitative estimate of drug-likeness (QED) is 0.200. The van der Waals surface area contributed by atoms with Gasteiger partial charge in [0.15, 0.2) is 0 Å². The number of benzene rings is 4. The SMILES string of the molecule is Cc1cccc(C2/C(=C(/O)c3ccc(F)cc3)C(=O)C(=O)N2c2ccc(Oc3ccccc3)cc2)c1. The van der Waals surface area contributed by atoms with E-state index >= 15 is 0 Å². The van der Waals surface area contributed by atoms with Crippen molar-refractivity contribution in [2.24, 2.45) is 0 Å². The number of aliphatic hydroxyl groups excluding tert-OH is 1. The average molecular weight is 480 g/mol. The van der Waals surface area contributed by atoms with Crippen LogP contribution < -0.4 is 9.64 Å². The van der Waals surface area contributed by atoms with Gasteiger partial charge >= 0.3 is 0 Å². The molecule has 0 saturated carbocycles. The molecule has 6 heteroatoms. The maximum absolute atomic E-state index is 13.5. The molecule has 36 heavy (non-hydrogen) atoms. The van der Waals surface area contributed by atoms with Crippen molar-refractivity contribution >= 4 is 23.1 Å². The third-order valence-corrected chi connectivity index (χ3v) is 6.01. The fourth-order valence-corrected chi connectivity index (χ4v) is 4.32. The summed E-state index contributed by atoms with van der Waals surface area (Å²) in [6.45, 7) is 1.91. The lowest BCUT2D eigenvalue weighted by molar-refractivity contribution is -0.132. The first-order valence-electron chi connectivity index (χ1n) is 11.4. The highest BCUT2D eigenvalue weighted by Gasteiger charge is 2.47. The number of rotatable bonds is 5. The third-order valence-electron chi connectivity index (χ3n) is 6.01. The molecule has 1 aliphatic rings. The van der Waals surface area contributed by atoms with Crippen LogP contribution in [0.3, 0.4) is 0 Å². The molecule has 4 aromatic carbocycles. The molecular weight excluding hydrogens is 457 g/mol. The summed E-state index contributed by atoms with van der Waals surface area (Å²) in [7, 11) is 0. The molecule has 1 amide bonds. The summed E-state index contributed by atoms with van der Waals surface area (Å²) in [6.07, 6.45) is 0. The van der Waals surface area contributed by atoms with Crippen LogP contribution in [0.4, 0.5) is 10.1 Å². The normalized spacial score (nSPS) is 16.8. The molecule has 1 heterocycles. The number of aryl methyl sites for hydroxylation is 1. The van der Waals surface area contributed by atoms with Crippen LogP contribution in [-0.2, 0) is 9.59 Å². The van der Waals surface area contributed by atoms with Crippen LogP contribution >= 0.6 is 0 Å². The number of hydrogen-bond acceptors (Lipinski definition) is 4. The second kappa shape index (κ2) is 9.50. The molecule has 1 N–H and O–H groups in total. The Balaban J connectivity index is 1.59. The lowest BCUT2D eigenvalue weighted by atomic mass is 9.94. The number of ether oxygens (including phenoxy) is 1. The highest BCUT2D eigenvalue weighted by molar-refractivity contribution is 6.51. The number of Topliss-reactive ketones (excluding diaryl/α,β-unsaturated/α-hetero) is 1. The van der Waals surface area contributed by atoms with E-state index in [1.54, 1.807) is 30.3 Å². The number of carbonyl (C=O) groups excluding carboxylic acids is 2. The molecule has 0 spiro atoms. The Labute approximate surface area is 207 Å². The van der Waals surface area contributed by atoms with Crippen molar-refractivity contribution in [3.8, 4) is 11.5 Å². The van der Waals surface area contributed by atoms with Crippen molar-refractivity contribution in [2.45, 2.75) is 13.0 Å². The van der Waals surface area contributed by atoms with E-state index in [9.17, 15) is 19.1 Å². The molecule has 1 unspecified atom stereocenters. The largest absolute Gasteiger partial charge is 0.507 e. The second-order valence-corrected chi connectivity index (χ2v) is 8.50. The topological polar surface area (TPSA) is 66.8 Å². The highest BCUT2D eigenvalue weighted by atomic mass is 19.1. The number of aliphatic hydroxyl groups is 1. The van der Waals surface area contributed by atoms with Crippen LogP contribution in [-0.4, -0.2) is 16.8 Å². The molecule has 1 atom stereocenters. The lowest BCUT2D eigenvalue weighted by Gasteiger charge is -2.26. The molecule has 1 fully saturated rings. The van der Waals surface area contributed by atoms with Crippen molar-refractivity contribution in [1.82, 2.24) is 0 Å². The first-order chi connectivity index (χ1) is 17.4. The zero-order valence-corrected chi connectivity index (χ0v) is 19.4. The second-order valence-electron chi connectivity index (χ2n) is 8.50. The van der Waals surface area contributed by atoms with E-state index in [1.165, 1.54) is 29.2 Å². The Kier molecular flexibility index (Phi) is 6.09. The standard InChI is InChI=1S/C30H22FNO4/c1-19-6-5-7-21(18-19)27-26(28(33)20-10-12-22(31)13-11-20)29(34)30(35)32(27)23-14-16-25(17-15-23)36-24-8-3-2-4-9-24/h2-18,27,33H,1H3/b28-26-. The molecular formula is C30H22FNO4. The van der Waals surface area contributed by atoms with Crippen LogP contribution in [0.5, 0.6) is 11.5 Å². The maximum atomic E-state index is 13.5. The van der Waals surface area contributed by atoms with Gasteiger partial charge in [-0.3, -0.25) is 14.5 Å². The molecule has 1 saturated heterocycles. The Morgan fingerprint density at radius 3 is 2.17 bits per heavy atom. The van der Waals surface area contributed by atoms with Gasteiger partial charge in [-0.15, -0.1) is 0 Å². The smallest absolute Gasteiger partial charge is 0.300 e. The number of amides is 1. The van der Waals surface area contributed by atoms with E-state index in [0.717, 1.165) is 5.56 Å². The van der Waals surface area contributed by atoms with Gasteiger partial charge in [0.25, 0.3) is 11.7 Å². The van der Waals surface area contributed by atoms with Gasteiger partial charge in [-0.1, -0.05) is 48.0 Å². The predicted molar refractivity (Wildman–Crippen MR) is 135 cm³/mol. The van der Waals surface area contributed by atoms with E-state index in [4.69, 9.17) is 4.74 Å². The predicted octanol–water partition coefficient (Wildman–Crippen LogP) is 6.55. The van der Waals surface area contributed by atoms with Crippen LogP contribution in [0.25, 0.3) is 5.76 Å². The van der Waals surface area contributed by atoms with Gasteiger partial charge in [-0.05, 0) is 73.2 Å². The number of anilines is 1. The van der Waals surface area contributed by atoms with Crippen LogP contribution in [0.1, 0.15) is 22.7 Å². The van der Waals surface area contributed by atoms with E-state index in [-0.39, 0.29) is 16.9 Å². The zero-order valence-electron chi connectivity index (χ0n) is 19.4. The third kappa shape index (κ3) is 4.36. The number of halogens is 1. The summed E-state index contributed by atoms with van der Waals surface area (Å²) >= 11 is 0. The van der Waals surface area contributed by atoms with E-state index in [1.807, 2.05) is 55.5 Å². The maximum Gasteiger partial charge on any atom is 0.300 e. The number of nitrogens with zero attached hydrogens (tertiary/aromatic N) is 1. The Morgan fingerprint density at radius 2 is 1.50 bits per heavy atom. The summed E-state index contributed by atoms with van der Waals surface area (Å²) in [4.78, 5) is 27.9. The summed E-state index contributed by atoms with van der Waals surface area (Å²) in [5.41, 5.74) is 2.27. The minimum absolute atomic E-state index is 0.0539. The number of carbonyl (C=O) groups is 2. The highest BCUT2D eigenvalue weighted by Crippen LogP contribution is 2.42. The monoisotopic (exact) mass is 479 g/mol. The number of hydrogen-bond donors (Lipinski definition) is 1. The van der Waals surface area contributed by atoms with Gasteiger partial charge in [-0.25, -0.2) is 4.39 Å². The van der Waals surface area contributed by atoms with E-state index in [0.29, 0.717) is 22.7 Å². The fourth-order valence-electron chi connectivity index (χ4n) is 4.32. The molecule has 0 aromatic heterocycles.